The van der Waals surface area contributed by atoms with Gasteiger partial charge in [-0.1, -0.05) is 5.10 Å². The number of nitrogens with zero attached hydrogens (tertiary/aromatic N) is 9. The van der Waals surface area contributed by atoms with Crippen LogP contribution in [0.25, 0.3) is 11.6 Å². The molecule has 0 fully saturated rings. The van der Waals surface area contributed by atoms with Crippen molar-refractivity contribution in [3.8, 4) is 5.82 Å². The summed E-state index contributed by atoms with van der Waals surface area (Å²) in [5.74, 6) is 1.00. The van der Waals surface area contributed by atoms with Crippen LogP contribution in [0, 0.1) is 6.92 Å². The summed E-state index contributed by atoms with van der Waals surface area (Å²) in [5.41, 5.74) is 0.857. The van der Waals surface area contributed by atoms with E-state index in [2.05, 4.69) is 36.0 Å². The molecule has 0 N–H and O–H groups in total. The molecule has 15 heavy (non-hydrogen) atoms. The monoisotopic (exact) mass is 203 g/mol. The maximum absolute atomic E-state index is 4.19. The Hall–Kier alpha value is -2.45. The summed E-state index contributed by atoms with van der Waals surface area (Å²) >= 11 is 0. The molecule has 0 spiro atoms. The lowest BCUT2D eigenvalue weighted by Crippen LogP contribution is -2.04. The Labute approximate surface area is 82.7 Å². The highest BCUT2D eigenvalue weighted by Gasteiger charge is 2.07. The summed E-state index contributed by atoms with van der Waals surface area (Å²) in [7, 11) is 0. The Morgan fingerprint density at radius 3 is 2.93 bits per heavy atom. The normalized spacial score (nSPS) is 11.0. The minimum absolute atomic E-state index is 0.417. The Morgan fingerprint density at radius 1 is 1.20 bits per heavy atom. The molecule has 0 radical (unpaired) electrons. The minimum Gasteiger partial charge on any atom is -0.190 e. The number of rotatable bonds is 1. The van der Waals surface area contributed by atoms with E-state index >= 15 is 0 Å². The van der Waals surface area contributed by atoms with Gasteiger partial charge in [-0.3, -0.25) is 0 Å². The van der Waals surface area contributed by atoms with Gasteiger partial charge in [0.05, 0.1) is 0 Å². The predicted molar refractivity (Wildman–Crippen MR) is 46.0 cm³/mol. The van der Waals surface area contributed by atoms with Crippen LogP contribution >= 0.6 is 0 Å². The molecule has 9 nitrogen and oxygen atoms in total. The van der Waals surface area contributed by atoms with Gasteiger partial charge in [-0.05, 0) is 27.8 Å². The molecule has 0 amide bonds. The van der Waals surface area contributed by atoms with Crippen LogP contribution in [0.15, 0.2) is 12.4 Å². The smallest absolute Gasteiger partial charge is 0.190 e. The van der Waals surface area contributed by atoms with Crippen LogP contribution in [-0.2, 0) is 0 Å². The molecule has 3 aromatic rings. The summed E-state index contributed by atoms with van der Waals surface area (Å²) in [6, 6.07) is 1.79. The fourth-order valence-corrected chi connectivity index (χ4v) is 1.25. The van der Waals surface area contributed by atoms with Crippen LogP contribution in [-0.4, -0.2) is 45.2 Å². The molecule has 3 rings (SSSR count). The van der Waals surface area contributed by atoms with Gasteiger partial charge in [-0.15, -0.1) is 5.10 Å². The van der Waals surface area contributed by atoms with Crippen molar-refractivity contribution in [3.63, 3.8) is 0 Å². The Morgan fingerprint density at radius 2 is 2.13 bits per heavy atom. The molecule has 0 bridgehead atoms. The Kier molecular flexibility index (Phi) is 1.46. The highest BCUT2D eigenvalue weighted by Crippen LogP contribution is 2.05. The molecule has 0 saturated carbocycles. The van der Waals surface area contributed by atoms with Crippen LogP contribution in [0.4, 0.5) is 0 Å². The maximum Gasteiger partial charge on any atom is 0.275 e. The third-order valence-electron chi connectivity index (χ3n) is 1.92. The first kappa shape index (κ1) is 7.91. The van der Waals surface area contributed by atoms with Gasteiger partial charge in [0, 0.05) is 11.8 Å². The SMILES string of the molecule is Cc1cc(-n2cnnn2)nc2nnnn12. The van der Waals surface area contributed by atoms with E-state index in [9.17, 15) is 0 Å². The number of hydrogen-bond donors (Lipinski definition) is 0. The van der Waals surface area contributed by atoms with E-state index < -0.39 is 0 Å². The van der Waals surface area contributed by atoms with Crippen LogP contribution in [0.1, 0.15) is 5.69 Å². The Balaban J connectivity index is 2.29. The lowest BCUT2D eigenvalue weighted by Gasteiger charge is -2.00. The third-order valence-corrected chi connectivity index (χ3v) is 1.92. The first-order valence-electron chi connectivity index (χ1n) is 4.14. The largest absolute Gasteiger partial charge is 0.275 e. The summed E-state index contributed by atoms with van der Waals surface area (Å²) in [5, 5.41) is 21.8. The number of aryl methyl sites for hydroxylation is 1. The van der Waals surface area contributed by atoms with E-state index in [1.807, 2.05) is 6.92 Å². The van der Waals surface area contributed by atoms with Crippen LogP contribution in [0.2, 0.25) is 0 Å². The molecule has 0 aromatic carbocycles. The second kappa shape index (κ2) is 2.77. The average Bonchev–Trinajstić information content (AvgIpc) is 2.88. The molecule has 3 aromatic heterocycles. The van der Waals surface area contributed by atoms with Gasteiger partial charge in [0.2, 0.25) is 0 Å². The molecule has 3 heterocycles. The molecule has 0 unspecified atom stereocenters. The molecule has 0 saturated heterocycles. The highest BCUT2D eigenvalue weighted by atomic mass is 15.6. The zero-order valence-electron chi connectivity index (χ0n) is 7.68. The van der Waals surface area contributed by atoms with Crippen molar-refractivity contribution in [1.29, 1.82) is 0 Å². The lowest BCUT2D eigenvalue weighted by molar-refractivity contribution is 0.756. The molecule has 0 aliphatic carbocycles. The highest BCUT2D eigenvalue weighted by molar-refractivity contribution is 5.34. The fraction of sp³-hybridized carbons (Fsp3) is 0.167. The second-order valence-corrected chi connectivity index (χ2v) is 2.90. The van der Waals surface area contributed by atoms with Gasteiger partial charge in [-0.25, -0.2) is 0 Å². The van der Waals surface area contributed by atoms with E-state index in [-0.39, 0.29) is 0 Å². The van der Waals surface area contributed by atoms with Crippen molar-refractivity contribution in [3.05, 3.63) is 18.1 Å². The van der Waals surface area contributed by atoms with E-state index in [0.717, 1.165) is 5.69 Å². The topological polar surface area (TPSA) is 99.6 Å². The summed E-state index contributed by atoms with van der Waals surface area (Å²) in [6.07, 6.45) is 1.46. The molecule has 0 atom stereocenters. The first-order valence-corrected chi connectivity index (χ1v) is 4.14. The van der Waals surface area contributed by atoms with Crippen molar-refractivity contribution >= 4 is 5.78 Å². The molecule has 9 heteroatoms. The van der Waals surface area contributed by atoms with Crippen molar-refractivity contribution in [2.24, 2.45) is 0 Å². The van der Waals surface area contributed by atoms with Crippen LogP contribution in [0.3, 0.4) is 0 Å². The van der Waals surface area contributed by atoms with Gasteiger partial charge in [0.25, 0.3) is 5.78 Å². The van der Waals surface area contributed by atoms with Crippen molar-refractivity contribution < 1.29 is 0 Å². The third kappa shape index (κ3) is 1.13. The Bertz CT molecular complexity index is 594. The minimum atomic E-state index is 0.417. The summed E-state index contributed by atoms with van der Waals surface area (Å²) in [6.45, 7) is 1.87. The zero-order chi connectivity index (χ0) is 10.3. The van der Waals surface area contributed by atoms with E-state index in [1.165, 1.54) is 15.5 Å². The number of hydrogen-bond acceptors (Lipinski definition) is 7. The molecular formula is C6H5N9. The van der Waals surface area contributed by atoms with Gasteiger partial charge >= 0.3 is 0 Å². The molecule has 0 aliphatic heterocycles. The van der Waals surface area contributed by atoms with Gasteiger partial charge in [0.15, 0.2) is 5.82 Å². The molecule has 74 valence electrons. The number of fused-ring (bicyclic) bond motifs is 1. The van der Waals surface area contributed by atoms with Gasteiger partial charge in [0.1, 0.15) is 6.33 Å². The first-order chi connectivity index (χ1) is 7.34. The van der Waals surface area contributed by atoms with E-state index in [4.69, 9.17) is 0 Å². The average molecular weight is 203 g/mol. The van der Waals surface area contributed by atoms with Gasteiger partial charge < -0.3 is 0 Å². The predicted octanol–water partition coefficient (Wildman–Crippen LogP) is -1.20. The van der Waals surface area contributed by atoms with Crippen LogP contribution in [0.5, 0.6) is 0 Å². The zero-order valence-corrected chi connectivity index (χ0v) is 7.68. The van der Waals surface area contributed by atoms with Crippen LogP contribution < -0.4 is 0 Å². The summed E-state index contributed by atoms with van der Waals surface area (Å²) < 4.78 is 2.98. The number of aromatic nitrogens is 9. The van der Waals surface area contributed by atoms with Crippen molar-refractivity contribution in [2.45, 2.75) is 6.92 Å². The maximum atomic E-state index is 4.19. The van der Waals surface area contributed by atoms with E-state index in [0.29, 0.717) is 11.6 Å². The van der Waals surface area contributed by atoms with E-state index in [1.54, 1.807) is 6.07 Å². The van der Waals surface area contributed by atoms with Crippen molar-refractivity contribution in [2.75, 3.05) is 0 Å². The van der Waals surface area contributed by atoms with Gasteiger partial charge in [-0.2, -0.15) is 14.2 Å². The molecular weight excluding hydrogens is 198 g/mol. The number of tetrazole rings is 2. The summed E-state index contributed by atoms with van der Waals surface area (Å²) in [4.78, 5) is 4.19. The standard InChI is InChI=1S/C6H5N9/c1-4-2-5(14-3-7-10-12-14)8-6-9-11-13-15(4)6/h2-3H,1H3. The second-order valence-electron chi connectivity index (χ2n) is 2.90. The molecule has 0 aliphatic rings. The van der Waals surface area contributed by atoms with Crippen molar-refractivity contribution in [1.82, 2.24) is 45.2 Å². The lowest BCUT2D eigenvalue weighted by atomic mass is 10.4. The quantitative estimate of drug-likeness (QED) is 0.489. The fourth-order valence-electron chi connectivity index (χ4n) is 1.25.